The Hall–Kier alpha value is -3.52. The number of hydrogen-bond acceptors (Lipinski definition) is 6. The van der Waals surface area contributed by atoms with Gasteiger partial charge in [0.05, 0.1) is 0 Å². The van der Waals surface area contributed by atoms with E-state index in [1.807, 2.05) is 36.6 Å². The second-order valence-electron chi connectivity index (χ2n) is 6.07. The fraction of sp³-hybridized carbons (Fsp3) is 0.0500. The minimum absolute atomic E-state index is 0.111. The van der Waals surface area contributed by atoms with Crippen molar-refractivity contribution in [2.75, 3.05) is 10.6 Å². The third-order valence-corrected chi connectivity index (χ3v) is 4.66. The van der Waals surface area contributed by atoms with Crippen molar-refractivity contribution in [2.45, 2.75) is 6.92 Å². The zero-order valence-electron chi connectivity index (χ0n) is 14.8. The van der Waals surface area contributed by atoms with Crippen LogP contribution in [0.25, 0.3) is 11.5 Å². The van der Waals surface area contributed by atoms with Crippen LogP contribution in [0.1, 0.15) is 16.1 Å². The monoisotopic (exact) mass is 394 g/mol. The number of rotatable bonds is 5. The molecule has 1 amide bonds. The number of aromatic nitrogens is 2. The van der Waals surface area contributed by atoms with Crippen molar-refractivity contribution in [2.24, 2.45) is 0 Å². The Morgan fingerprint density at radius 3 is 2.54 bits per heavy atom. The second-order valence-corrected chi connectivity index (χ2v) is 6.92. The Kier molecular flexibility index (Phi) is 4.86. The van der Waals surface area contributed by atoms with E-state index in [1.165, 1.54) is 47.2 Å². The summed E-state index contributed by atoms with van der Waals surface area (Å²) in [5.41, 5.74) is 3.27. The van der Waals surface area contributed by atoms with Gasteiger partial charge < -0.3 is 15.2 Å². The quantitative estimate of drug-likeness (QED) is 0.484. The molecule has 2 aromatic heterocycles. The summed E-state index contributed by atoms with van der Waals surface area (Å²) in [5.74, 6) is -0.437. The van der Waals surface area contributed by atoms with Crippen LogP contribution in [0.2, 0.25) is 0 Å². The first-order valence-corrected chi connectivity index (χ1v) is 9.28. The Morgan fingerprint density at radius 2 is 1.79 bits per heavy atom. The molecule has 0 radical (unpaired) electrons. The number of amides is 1. The highest BCUT2D eigenvalue weighted by Gasteiger charge is 2.16. The van der Waals surface area contributed by atoms with Gasteiger partial charge in [-0.1, -0.05) is 22.9 Å². The molecule has 0 bridgehead atoms. The maximum Gasteiger partial charge on any atom is 0.277 e. The third kappa shape index (κ3) is 4.07. The van der Waals surface area contributed by atoms with Gasteiger partial charge in [0, 0.05) is 22.8 Å². The van der Waals surface area contributed by atoms with Crippen molar-refractivity contribution in [1.82, 2.24) is 10.1 Å². The number of halogens is 1. The lowest BCUT2D eigenvalue weighted by atomic mass is 10.2. The van der Waals surface area contributed by atoms with Crippen molar-refractivity contribution < 1.29 is 13.7 Å². The average Bonchev–Trinajstić information content (AvgIpc) is 3.35. The van der Waals surface area contributed by atoms with Gasteiger partial charge in [0.25, 0.3) is 5.91 Å². The standard InChI is InChI=1S/C20H15FN4O2S/c1-12-2-6-15(7-3-12)23-20-24-17(11-28-20)18-10-16(25-27-18)19(26)22-14-8-4-13(21)5-9-14/h2-11H,1H3,(H,22,26)(H,23,24). The summed E-state index contributed by atoms with van der Waals surface area (Å²) in [6.07, 6.45) is 0. The molecule has 2 N–H and O–H groups in total. The fourth-order valence-electron chi connectivity index (χ4n) is 2.44. The van der Waals surface area contributed by atoms with E-state index < -0.39 is 5.91 Å². The van der Waals surface area contributed by atoms with E-state index in [9.17, 15) is 9.18 Å². The van der Waals surface area contributed by atoms with Gasteiger partial charge in [-0.3, -0.25) is 4.79 Å². The highest BCUT2D eigenvalue weighted by Crippen LogP contribution is 2.28. The second kappa shape index (κ2) is 7.61. The SMILES string of the molecule is Cc1ccc(Nc2nc(-c3cc(C(=O)Nc4ccc(F)cc4)no3)cs2)cc1. The molecule has 140 valence electrons. The molecule has 4 aromatic rings. The lowest BCUT2D eigenvalue weighted by Gasteiger charge is -2.02. The van der Waals surface area contributed by atoms with Gasteiger partial charge in [-0.15, -0.1) is 11.3 Å². The molecule has 0 unspecified atom stereocenters. The van der Waals surface area contributed by atoms with Crippen LogP contribution >= 0.6 is 11.3 Å². The van der Waals surface area contributed by atoms with Gasteiger partial charge in [-0.05, 0) is 43.3 Å². The first kappa shape index (κ1) is 17.9. The molecule has 2 heterocycles. The Labute approximate surface area is 164 Å². The van der Waals surface area contributed by atoms with Crippen LogP contribution in [0.5, 0.6) is 0 Å². The molecule has 0 aliphatic carbocycles. The minimum atomic E-state index is -0.449. The van der Waals surface area contributed by atoms with E-state index in [2.05, 4.69) is 20.8 Å². The summed E-state index contributed by atoms with van der Waals surface area (Å²) in [6, 6.07) is 15.0. The molecule has 0 spiro atoms. The number of benzene rings is 2. The molecule has 2 aromatic carbocycles. The summed E-state index contributed by atoms with van der Waals surface area (Å²) < 4.78 is 18.2. The topological polar surface area (TPSA) is 80.0 Å². The molecule has 6 nitrogen and oxygen atoms in total. The Morgan fingerprint density at radius 1 is 1.07 bits per heavy atom. The van der Waals surface area contributed by atoms with Gasteiger partial charge in [0.15, 0.2) is 16.6 Å². The highest BCUT2D eigenvalue weighted by atomic mass is 32.1. The molecule has 0 saturated carbocycles. The van der Waals surface area contributed by atoms with Crippen molar-refractivity contribution in [1.29, 1.82) is 0 Å². The van der Waals surface area contributed by atoms with E-state index in [0.29, 0.717) is 22.3 Å². The molecular formula is C20H15FN4O2S. The van der Waals surface area contributed by atoms with Gasteiger partial charge in [-0.25, -0.2) is 9.37 Å². The largest absolute Gasteiger partial charge is 0.354 e. The van der Waals surface area contributed by atoms with Gasteiger partial charge in [-0.2, -0.15) is 0 Å². The predicted molar refractivity (Wildman–Crippen MR) is 106 cm³/mol. The zero-order valence-corrected chi connectivity index (χ0v) is 15.6. The van der Waals surface area contributed by atoms with E-state index in [-0.39, 0.29) is 11.5 Å². The lowest BCUT2D eigenvalue weighted by Crippen LogP contribution is -2.12. The Balaban J connectivity index is 1.45. The van der Waals surface area contributed by atoms with Gasteiger partial charge >= 0.3 is 0 Å². The van der Waals surface area contributed by atoms with Crippen LogP contribution in [-0.4, -0.2) is 16.0 Å². The van der Waals surface area contributed by atoms with E-state index in [1.54, 1.807) is 0 Å². The van der Waals surface area contributed by atoms with Crippen LogP contribution in [0.4, 0.5) is 20.9 Å². The van der Waals surface area contributed by atoms with E-state index >= 15 is 0 Å². The van der Waals surface area contributed by atoms with Crippen molar-refractivity contribution >= 4 is 33.8 Å². The fourth-order valence-corrected chi connectivity index (χ4v) is 3.16. The average molecular weight is 394 g/mol. The van der Waals surface area contributed by atoms with Gasteiger partial charge in [0.2, 0.25) is 0 Å². The molecule has 4 rings (SSSR count). The Bertz CT molecular complexity index is 1100. The number of nitrogens with zero attached hydrogens (tertiary/aromatic N) is 2. The molecule has 0 aliphatic rings. The summed E-state index contributed by atoms with van der Waals surface area (Å²) in [4.78, 5) is 16.7. The van der Waals surface area contributed by atoms with Gasteiger partial charge in [0.1, 0.15) is 11.5 Å². The molecule has 0 saturated heterocycles. The normalized spacial score (nSPS) is 10.6. The smallest absolute Gasteiger partial charge is 0.277 e. The minimum Gasteiger partial charge on any atom is -0.354 e. The van der Waals surface area contributed by atoms with Crippen molar-refractivity contribution in [3.8, 4) is 11.5 Å². The number of aryl methyl sites for hydroxylation is 1. The summed E-state index contributed by atoms with van der Waals surface area (Å²) >= 11 is 1.42. The predicted octanol–water partition coefficient (Wildman–Crippen LogP) is 5.24. The number of nitrogens with one attached hydrogen (secondary N) is 2. The molecule has 0 atom stereocenters. The van der Waals surface area contributed by atoms with Crippen LogP contribution < -0.4 is 10.6 Å². The molecule has 0 fully saturated rings. The van der Waals surface area contributed by atoms with Crippen LogP contribution in [0, 0.1) is 12.7 Å². The van der Waals surface area contributed by atoms with Crippen molar-refractivity contribution in [3.63, 3.8) is 0 Å². The zero-order chi connectivity index (χ0) is 19.5. The molecule has 8 heteroatoms. The molecule has 28 heavy (non-hydrogen) atoms. The van der Waals surface area contributed by atoms with E-state index in [0.717, 1.165) is 5.69 Å². The number of anilines is 3. The lowest BCUT2D eigenvalue weighted by molar-refractivity contribution is 0.101. The number of thiazole rings is 1. The summed E-state index contributed by atoms with van der Waals surface area (Å²) in [5, 5.41) is 12.2. The highest BCUT2D eigenvalue weighted by molar-refractivity contribution is 7.14. The van der Waals surface area contributed by atoms with Crippen LogP contribution in [0.3, 0.4) is 0 Å². The maximum atomic E-state index is 12.9. The molecular weight excluding hydrogens is 379 g/mol. The number of carbonyl (C=O) groups excluding carboxylic acids is 1. The first-order chi connectivity index (χ1) is 13.6. The van der Waals surface area contributed by atoms with Crippen LogP contribution in [-0.2, 0) is 0 Å². The third-order valence-electron chi connectivity index (χ3n) is 3.90. The number of carbonyl (C=O) groups is 1. The maximum absolute atomic E-state index is 12.9. The van der Waals surface area contributed by atoms with E-state index in [4.69, 9.17) is 4.52 Å². The van der Waals surface area contributed by atoms with Crippen molar-refractivity contribution in [3.05, 3.63) is 77.1 Å². The summed E-state index contributed by atoms with van der Waals surface area (Å²) in [7, 11) is 0. The first-order valence-electron chi connectivity index (χ1n) is 8.40. The van der Waals surface area contributed by atoms with Crippen LogP contribution in [0.15, 0.2) is 64.5 Å². The number of hydrogen-bond donors (Lipinski definition) is 2. The summed E-state index contributed by atoms with van der Waals surface area (Å²) in [6.45, 7) is 2.03. The molecule has 0 aliphatic heterocycles.